The van der Waals surface area contributed by atoms with Gasteiger partial charge in [-0.3, -0.25) is 13.9 Å². The summed E-state index contributed by atoms with van der Waals surface area (Å²) in [7, 11) is -1.37. The van der Waals surface area contributed by atoms with Crippen molar-refractivity contribution in [2.24, 2.45) is 0 Å². The number of halogens is 2. The first-order valence-corrected chi connectivity index (χ1v) is 16.0. The van der Waals surface area contributed by atoms with Gasteiger partial charge in [0, 0.05) is 29.5 Å². The van der Waals surface area contributed by atoms with E-state index in [1.807, 2.05) is 54.6 Å². The molecule has 0 fully saturated rings. The quantitative estimate of drug-likeness (QED) is 0.207. The summed E-state index contributed by atoms with van der Waals surface area (Å²) in [6.45, 7) is -0.560. The topological polar surface area (TPSA) is 96.0 Å². The van der Waals surface area contributed by atoms with Crippen molar-refractivity contribution in [2.45, 2.75) is 23.9 Å². The van der Waals surface area contributed by atoms with Gasteiger partial charge in [-0.25, -0.2) is 8.42 Å². The van der Waals surface area contributed by atoms with E-state index in [4.69, 9.17) is 16.3 Å². The minimum absolute atomic E-state index is 0.0172. The summed E-state index contributed by atoms with van der Waals surface area (Å²) in [5.41, 5.74) is 1.70. The number of amides is 2. The average Bonchev–Trinajstić information content (AvgIpc) is 3.02. The van der Waals surface area contributed by atoms with E-state index in [2.05, 4.69) is 21.2 Å². The van der Waals surface area contributed by atoms with Crippen LogP contribution in [0.15, 0.2) is 112 Å². The Hall–Kier alpha value is -3.86. The van der Waals surface area contributed by atoms with Gasteiger partial charge < -0.3 is 15.0 Å². The molecule has 0 bridgehead atoms. The number of anilines is 1. The number of likely N-dealkylation sites (N-methyl/N-ethyl adjacent to an activating group) is 1. The van der Waals surface area contributed by atoms with E-state index >= 15 is 0 Å². The Morgan fingerprint density at radius 2 is 1.53 bits per heavy atom. The standard InChI is InChI=1S/C32H31BrClN3O5S/c1-35-32(39)29(19-23-9-5-3-6-10-23)36(21-24-13-15-25(33)16-14-24)31(38)22-37(28-20-26(34)17-18-30(28)42-2)43(40,41)27-11-7-4-8-12-27/h3-18,20,29H,19,21-22H2,1-2H3,(H,35,39). The first-order chi connectivity index (χ1) is 20.6. The maximum absolute atomic E-state index is 14.4. The molecule has 8 nitrogen and oxygen atoms in total. The lowest BCUT2D eigenvalue weighted by atomic mass is 10.0. The fourth-order valence-electron chi connectivity index (χ4n) is 4.60. The Bertz CT molecular complexity index is 1660. The van der Waals surface area contributed by atoms with Gasteiger partial charge in [0.1, 0.15) is 18.3 Å². The summed E-state index contributed by atoms with van der Waals surface area (Å²) in [5, 5.41) is 2.93. The second-order valence-corrected chi connectivity index (χ2v) is 12.8. The number of hydrogen-bond acceptors (Lipinski definition) is 5. The van der Waals surface area contributed by atoms with E-state index in [1.165, 1.54) is 43.3 Å². The van der Waals surface area contributed by atoms with Crippen molar-refractivity contribution in [1.82, 2.24) is 10.2 Å². The number of nitrogens with zero attached hydrogens (tertiary/aromatic N) is 2. The van der Waals surface area contributed by atoms with Crippen LogP contribution >= 0.6 is 27.5 Å². The summed E-state index contributed by atoms with van der Waals surface area (Å²) >= 11 is 9.73. The van der Waals surface area contributed by atoms with Crippen molar-refractivity contribution in [3.8, 4) is 5.75 Å². The summed E-state index contributed by atoms with van der Waals surface area (Å²) in [6.07, 6.45) is 0.217. The lowest BCUT2D eigenvalue weighted by Crippen LogP contribution is -2.53. The van der Waals surface area contributed by atoms with E-state index in [-0.39, 0.29) is 40.2 Å². The van der Waals surface area contributed by atoms with E-state index in [0.29, 0.717) is 0 Å². The van der Waals surface area contributed by atoms with Crippen molar-refractivity contribution in [3.63, 3.8) is 0 Å². The maximum Gasteiger partial charge on any atom is 0.264 e. The average molecular weight is 685 g/mol. The van der Waals surface area contributed by atoms with Gasteiger partial charge in [-0.15, -0.1) is 0 Å². The molecule has 0 aliphatic rings. The molecular formula is C32H31BrClN3O5S. The van der Waals surface area contributed by atoms with Gasteiger partial charge in [0.2, 0.25) is 11.8 Å². The van der Waals surface area contributed by atoms with Crippen LogP contribution in [-0.2, 0) is 32.6 Å². The van der Waals surface area contributed by atoms with Gasteiger partial charge in [0.15, 0.2) is 0 Å². The minimum Gasteiger partial charge on any atom is -0.495 e. The summed E-state index contributed by atoms with van der Waals surface area (Å²) in [6, 6.07) is 28.1. The molecule has 4 rings (SSSR count). The largest absolute Gasteiger partial charge is 0.495 e. The van der Waals surface area contributed by atoms with Crippen LogP contribution in [-0.4, -0.2) is 51.9 Å². The number of nitrogens with one attached hydrogen (secondary N) is 1. The van der Waals surface area contributed by atoms with Crippen LogP contribution in [0.4, 0.5) is 5.69 Å². The smallest absolute Gasteiger partial charge is 0.264 e. The molecule has 4 aromatic rings. The van der Waals surface area contributed by atoms with Gasteiger partial charge in [0.25, 0.3) is 10.0 Å². The van der Waals surface area contributed by atoms with Crippen molar-refractivity contribution in [1.29, 1.82) is 0 Å². The van der Waals surface area contributed by atoms with E-state index < -0.39 is 28.5 Å². The zero-order chi connectivity index (χ0) is 31.0. The Morgan fingerprint density at radius 3 is 2.14 bits per heavy atom. The number of sulfonamides is 1. The number of rotatable bonds is 12. The Morgan fingerprint density at radius 1 is 0.907 bits per heavy atom. The van der Waals surface area contributed by atoms with Crippen molar-refractivity contribution in [2.75, 3.05) is 25.0 Å². The molecule has 0 heterocycles. The molecule has 1 N–H and O–H groups in total. The SMILES string of the molecule is CNC(=O)C(Cc1ccccc1)N(Cc1ccc(Br)cc1)C(=O)CN(c1cc(Cl)ccc1OC)S(=O)(=O)c1ccccc1. The summed E-state index contributed by atoms with van der Waals surface area (Å²) in [4.78, 5) is 29.1. The third-order valence-electron chi connectivity index (χ3n) is 6.80. The number of carbonyl (C=O) groups is 2. The van der Waals surface area contributed by atoms with Crippen LogP contribution < -0.4 is 14.4 Å². The molecule has 0 radical (unpaired) electrons. The van der Waals surface area contributed by atoms with Gasteiger partial charge in [0.05, 0.1) is 17.7 Å². The Kier molecular flexibility index (Phi) is 10.8. The molecule has 224 valence electrons. The zero-order valence-electron chi connectivity index (χ0n) is 23.6. The number of ether oxygens (including phenoxy) is 1. The zero-order valence-corrected chi connectivity index (χ0v) is 26.8. The third kappa shape index (κ3) is 7.95. The lowest BCUT2D eigenvalue weighted by Gasteiger charge is -2.34. The van der Waals surface area contributed by atoms with Gasteiger partial charge in [-0.05, 0) is 53.6 Å². The molecule has 0 spiro atoms. The van der Waals surface area contributed by atoms with Gasteiger partial charge >= 0.3 is 0 Å². The van der Waals surface area contributed by atoms with E-state index in [9.17, 15) is 18.0 Å². The first kappa shape index (κ1) is 32.1. The number of carbonyl (C=O) groups excluding carboxylic acids is 2. The van der Waals surface area contributed by atoms with Crippen molar-refractivity contribution < 1.29 is 22.7 Å². The summed E-state index contributed by atoms with van der Waals surface area (Å²) in [5.74, 6) is -0.760. The minimum atomic E-state index is -4.28. The molecular weight excluding hydrogens is 654 g/mol. The second kappa shape index (κ2) is 14.5. The highest BCUT2D eigenvalue weighted by Crippen LogP contribution is 2.35. The van der Waals surface area contributed by atoms with E-state index in [0.717, 1.165) is 19.9 Å². The highest BCUT2D eigenvalue weighted by atomic mass is 79.9. The Balaban J connectivity index is 1.82. The molecule has 4 aromatic carbocycles. The highest BCUT2D eigenvalue weighted by molar-refractivity contribution is 9.10. The second-order valence-electron chi connectivity index (χ2n) is 9.61. The van der Waals surface area contributed by atoms with Crippen LogP contribution in [0.25, 0.3) is 0 Å². The van der Waals surface area contributed by atoms with Crippen LogP contribution in [0.2, 0.25) is 5.02 Å². The molecule has 43 heavy (non-hydrogen) atoms. The maximum atomic E-state index is 14.4. The number of hydrogen-bond donors (Lipinski definition) is 1. The normalized spacial score (nSPS) is 11.8. The molecule has 0 aliphatic heterocycles. The van der Waals surface area contributed by atoms with Crippen LogP contribution in [0, 0.1) is 0 Å². The molecule has 11 heteroatoms. The number of methoxy groups -OCH3 is 1. The van der Waals surface area contributed by atoms with Gasteiger partial charge in [-0.1, -0.05) is 88.2 Å². The molecule has 1 atom stereocenters. The molecule has 0 aromatic heterocycles. The monoisotopic (exact) mass is 683 g/mol. The lowest BCUT2D eigenvalue weighted by molar-refractivity contribution is -0.139. The number of benzene rings is 4. The third-order valence-corrected chi connectivity index (χ3v) is 9.34. The first-order valence-electron chi connectivity index (χ1n) is 13.3. The van der Waals surface area contributed by atoms with Crippen molar-refractivity contribution in [3.05, 3.63) is 124 Å². The fourth-order valence-corrected chi connectivity index (χ4v) is 6.47. The molecule has 0 saturated carbocycles. The fraction of sp³-hybridized carbons (Fsp3) is 0.188. The van der Waals surface area contributed by atoms with Crippen molar-refractivity contribution >= 4 is 55.1 Å². The Labute approximate surface area is 265 Å². The highest BCUT2D eigenvalue weighted by Gasteiger charge is 2.35. The van der Waals surface area contributed by atoms with Crippen LogP contribution in [0.1, 0.15) is 11.1 Å². The predicted octanol–water partition coefficient (Wildman–Crippen LogP) is 5.69. The van der Waals surface area contributed by atoms with Gasteiger partial charge in [-0.2, -0.15) is 0 Å². The molecule has 1 unspecified atom stereocenters. The van der Waals surface area contributed by atoms with Crippen LogP contribution in [0.5, 0.6) is 5.75 Å². The van der Waals surface area contributed by atoms with Crippen LogP contribution in [0.3, 0.4) is 0 Å². The predicted molar refractivity (Wildman–Crippen MR) is 172 cm³/mol. The molecule has 0 aliphatic carbocycles. The molecule has 0 saturated heterocycles. The molecule has 2 amide bonds. The van der Waals surface area contributed by atoms with E-state index in [1.54, 1.807) is 24.3 Å². The summed E-state index contributed by atoms with van der Waals surface area (Å²) < 4.78 is 35.5.